The van der Waals surface area contributed by atoms with Crippen LogP contribution in [0.25, 0.3) is 11.0 Å². The molecule has 0 bridgehead atoms. The van der Waals surface area contributed by atoms with Crippen molar-refractivity contribution in [2.75, 3.05) is 4.43 Å². The van der Waals surface area contributed by atoms with Gasteiger partial charge in [0.15, 0.2) is 0 Å². The molecule has 1 saturated carbocycles. The van der Waals surface area contributed by atoms with Crippen LogP contribution in [0, 0.1) is 0 Å². The third kappa shape index (κ3) is 2.69. The van der Waals surface area contributed by atoms with Crippen molar-refractivity contribution in [3.8, 4) is 5.75 Å². The van der Waals surface area contributed by atoms with Gasteiger partial charge >= 0.3 is 0 Å². The van der Waals surface area contributed by atoms with E-state index >= 15 is 0 Å². The lowest BCUT2D eigenvalue weighted by Crippen LogP contribution is -2.19. The van der Waals surface area contributed by atoms with Gasteiger partial charge < -0.3 is 4.74 Å². The molecule has 124 valence electrons. The minimum atomic E-state index is -3.65. The molecule has 0 aliphatic heterocycles. The predicted molar refractivity (Wildman–Crippen MR) is 100 cm³/mol. The van der Waals surface area contributed by atoms with E-state index in [-0.39, 0.29) is 10.5 Å². The maximum absolute atomic E-state index is 12.9. The Hall–Kier alpha value is -1.61. The molecule has 7 heteroatoms. The first kappa shape index (κ1) is 15.9. The number of alkyl halides is 1. The molecule has 2 aromatic heterocycles. The number of rotatable bonds is 5. The molecule has 0 saturated heterocycles. The summed E-state index contributed by atoms with van der Waals surface area (Å²) in [6.45, 7) is 0. The Bertz CT molecular complexity index is 995. The third-order valence-electron chi connectivity index (χ3n) is 4.16. The Morgan fingerprint density at radius 3 is 2.62 bits per heavy atom. The molecule has 0 spiro atoms. The van der Waals surface area contributed by atoms with Crippen molar-refractivity contribution >= 4 is 43.6 Å². The summed E-state index contributed by atoms with van der Waals surface area (Å²) >= 11 is 2.32. The summed E-state index contributed by atoms with van der Waals surface area (Å²) in [5.74, 6) is 0.611. The number of nitrogens with zero attached hydrogens (tertiary/aromatic N) is 2. The van der Waals surface area contributed by atoms with Crippen molar-refractivity contribution < 1.29 is 13.2 Å². The van der Waals surface area contributed by atoms with E-state index in [1.54, 1.807) is 48.7 Å². The van der Waals surface area contributed by atoms with Crippen molar-refractivity contribution in [2.45, 2.75) is 23.3 Å². The fourth-order valence-electron chi connectivity index (χ4n) is 2.59. The van der Waals surface area contributed by atoms with Crippen molar-refractivity contribution in [1.82, 2.24) is 8.96 Å². The van der Waals surface area contributed by atoms with E-state index in [1.165, 1.54) is 10.2 Å². The van der Waals surface area contributed by atoms with Crippen LogP contribution < -0.4 is 4.74 Å². The molecule has 24 heavy (non-hydrogen) atoms. The number of ether oxygens (including phenoxy) is 1. The highest BCUT2D eigenvalue weighted by Crippen LogP contribution is 2.42. The summed E-state index contributed by atoms with van der Waals surface area (Å²) in [7, 11) is -3.65. The molecule has 0 radical (unpaired) electrons. The van der Waals surface area contributed by atoms with Crippen molar-refractivity contribution in [3.05, 3.63) is 54.9 Å². The number of fused-ring (bicyclic) bond motifs is 1. The van der Waals surface area contributed by atoms with Gasteiger partial charge in [0.25, 0.3) is 10.0 Å². The molecule has 0 atom stereocenters. The number of pyridine rings is 1. The van der Waals surface area contributed by atoms with Gasteiger partial charge in [0.2, 0.25) is 0 Å². The lowest BCUT2D eigenvalue weighted by atomic mass is 10.3. The van der Waals surface area contributed by atoms with E-state index in [2.05, 4.69) is 27.6 Å². The molecule has 0 unspecified atom stereocenters. The predicted octanol–water partition coefficient (Wildman–Crippen LogP) is 3.62. The average Bonchev–Trinajstić information content (AvgIpc) is 3.24. The van der Waals surface area contributed by atoms with Gasteiger partial charge in [-0.15, -0.1) is 0 Å². The monoisotopic (exact) mass is 454 g/mol. The quantitative estimate of drug-likeness (QED) is 0.437. The van der Waals surface area contributed by atoms with E-state index in [9.17, 15) is 8.42 Å². The maximum Gasteiger partial charge on any atom is 0.268 e. The highest BCUT2D eigenvalue weighted by atomic mass is 127. The molecule has 4 rings (SSSR count). The number of hydrogen-bond acceptors (Lipinski definition) is 4. The first-order valence-corrected chi connectivity index (χ1v) is 10.5. The van der Waals surface area contributed by atoms with E-state index in [1.807, 2.05) is 0 Å². The molecule has 1 aromatic carbocycles. The third-order valence-corrected chi connectivity index (χ3v) is 7.26. The van der Waals surface area contributed by atoms with Gasteiger partial charge in [0.05, 0.1) is 22.1 Å². The van der Waals surface area contributed by atoms with Gasteiger partial charge in [-0.05, 0) is 31.0 Å². The first-order chi connectivity index (χ1) is 11.5. The summed E-state index contributed by atoms with van der Waals surface area (Å²) < 4.78 is 33.9. The fraction of sp³-hybridized carbons (Fsp3) is 0.235. The van der Waals surface area contributed by atoms with E-state index in [4.69, 9.17) is 4.74 Å². The second-order valence-electron chi connectivity index (χ2n) is 5.92. The van der Waals surface area contributed by atoms with Crippen LogP contribution in [0.15, 0.2) is 59.8 Å². The van der Waals surface area contributed by atoms with Crippen LogP contribution in [0.4, 0.5) is 0 Å². The molecule has 3 aromatic rings. The molecule has 1 fully saturated rings. The Morgan fingerprint density at radius 2 is 1.96 bits per heavy atom. The van der Waals surface area contributed by atoms with Gasteiger partial charge in [-0.25, -0.2) is 12.4 Å². The molecular formula is C17H15IN2O3S. The Balaban J connectivity index is 1.79. The Morgan fingerprint density at radius 1 is 1.21 bits per heavy atom. The highest BCUT2D eigenvalue weighted by Gasteiger charge is 2.44. The van der Waals surface area contributed by atoms with E-state index < -0.39 is 10.0 Å². The summed E-state index contributed by atoms with van der Waals surface area (Å²) in [5, 5.41) is 0. The molecule has 5 nitrogen and oxygen atoms in total. The van der Waals surface area contributed by atoms with Gasteiger partial charge in [0.1, 0.15) is 11.4 Å². The lowest BCUT2D eigenvalue weighted by Gasteiger charge is -2.15. The Kier molecular flexibility index (Phi) is 3.80. The summed E-state index contributed by atoms with van der Waals surface area (Å²) in [6.07, 6.45) is 5.25. The van der Waals surface area contributed by atoms with E-state index in [0.717, 1.165) is 17.3 Å². The van der Waals surface area contributed by atoms with Crippen LogP contribution >= 0.6 is 22.6 Å². The molecule has 2 heterocycles. The number of aromatic nitrogens is 2. The van der Waals surface area contributed by atoms with Gasteiger partial charge in [-0.1, -0.05) is 40.8 Å². The molecule has 0 N–H and O–H groups in total. The first-order valence-electron chi connectivity index (χ1n) is 7.57. The Labute approximate surface area is 153 Å². The van der Waals surface area contributed by atoms with Gasteiger partial charge in [0, 0.05) is 16.7 Å². The number of benzene rings is 1. The minimum Gasteiger partial charge on any atom is -0.485 e. The van der Waals surface area contributed by atoms with Crippen LogP contribution in [0.3, 0.4) is 0 Å². The van der Waals surface area contributed by atoms with Crippen LogP contribution in [0.5, 0.6) is 5.75 Å². The van der Waals surface area contributed by atoms with Gasteiger partial charge in [-0.3, -0.25) is 4.98 Å². The van der Waals surface area contributed by atoms with Crippen LogP contribution in [0.1, 0.15) is 12.8 Å². The number of hydrogen-bond donors (Lipinski definition) is 0. The fourth-order valence-corrected chi connectivity index (χ4v) is 4.87. The number of halogens is 1. The standard InChI is InChI=1S/C17H15IN2O3S/c18-12-17(7-8-17)23-13-10-16-15(19-11-13)6-9-20(16)24(21,22)14-4-2-1-3-5-14/h1-6,9-11H,7-8,12H2. The second-order valence-corrected chi connectivity index (χ2v) is 8.50. The van der Waals surface area contributed by atoms with E-state index in [0.29, 0.717) is 16.8 Å². The summed E-state index contributed by atoms with van der Waals surface area (Å²) in [6, 6.07) is 11.8. The average molecular weight is 454 g/mol. The van der Waals surface area contributed by atoms with Gasteiger partial charge in [-0.2, -0.15) is 0 Å². The minimum absolute atomic E-state index is 0.106. The second kappa shape index (κ2) is 5.73. The normalized spacial score (nSPS) is 16.2. The van der Waals surface area contributed by atoms with Crippen molar-refractivity contribution in [2.24, 2.45) is 0 Å². The largest absolute Gasteiger partial charge is 0.485 e. The molecule has 1 aliphatic carbocycles. The lowest BCUT2D eigenvalue weighted by molar-refractivity contribution is 0.208. The smallest absolute Gasteiger partial charge is 0.268 e. The molecule has 0 amide bonds. The van der Waals surface area contributed by atoms with Crippen LogP contribution in [-0.4, -0.2) is 27.4 Å². The highest BCUT2D eigenvalue weighted by molar-refractivity contribution is 14.1. The van der Waals surface area contributed by atoms with Crippen LogP contribution in [0.2, 0.25) is 0 Å². The van der Waals surface area contributed by atoms with Crippen molar-refractivity contribution in [3.63, 3.8) is 0 Å². The topological polar surface area (TPSA) is 61.2 Å². The van der Waals surface area contributed by atoms with Crippen LogP contribution in [-0.2, 0) is 10.0 Å². The zero-order valence-corrected chi connectivity index (χ0v) is 15.7. The zero-order valence-electron chi connectivity index (χ0n) is 12.7. The zero-order chi connectivity index (χ0) is 16.8. The SMILES string of the molecule is O=S(=O)(c1ccccc1)n1ccc2ncc(OC3(CI)CC3)cc21. The summed E-state index contributed by atoms with van der Waals surface area (Å²) in [5.41, 5.74) is 1.05. The van der Waals surface area contributed by atoms with Crippen molar-refractivity contribution in [1.29, 1.82) is 0 Å². The molecule has 1 aliphatic rings. The maximum atomic E-state index is 12.9. The summed E-state index contributed by atoms with van der Waals surface area (Å²) in [4.78, 5) is 4.59. The molecular weight excluding hydrogens is 439 g/mol.